The van der Waals surface area contributed by atoms with E-state index in [9.17, 15) is 4.79 Å². The van der Waals surface area contributed by atoms with Gasteiger partial charge in [0, 0.05) is 6.20 Å². The maximum Gasteiger partial charge on any atom is 0.379 e. The van der Waals surface area contributed by atoms with Gasteiger partial charge in [-0.2, -0.15) is 4.98 Å². The van der Waals surface area contributed by atoms with E-state index in [1.54, 1.807) is 31.3 Å². The molecule has 2 aromatic rings. The number of esters is 1. The van der Waals surface area contributed by atoms with E-state index in [0.29, 0.717) is 5.69 Å². The summed E-state index contributed by atoms with van der Waals surface area (Å²) in [6, 6.07) is 5.27. The lowest BCUT2D eigenvalue weighted by Crippen LogP contribution is -2.06. The predicted octanol–water partition coefficient (Wildman–Crippen LogP) is 1.31. The van der Waals surface area contributed by atoms with Crippen molar-refractivity contribution in [1.29, 1.82) is 0 Å². The van der Waals surface area contributed by atoms with Gasteiger partial charge in [0.2, 0.25) is 0 Å². The Balaban J connectivity index is 2.23. The largest absolute Gasteiger partial charge is 0.460 e. The summed E-state index contributed by atoms with van der Waals surface area (Å²) < 4.78 is 9.63. The second-order valence-electron chi connectivity index (χ2n) is 2.86. The number of aromatic nitrogens is 3. The fourth-order valence-electron chi connectivity index (χ4n) is 1.10. The van der Waals surface area contributed by atoms with Gasteiger partial charge in [0.05, 0.1) is 6.61 Å². The van der Waals surface area contributed by atoms with Gasteiger partial charge < -0.3 is 9.26 Å². The quantitative estimate of drug-likeness (QED) is 0.724. The SMILES string of the molecule is CCOC(=O)c1noc(-c2ccccn2)n1. The highest BCUT2D eigenvalue weighted by atomic mass is 16.5. The van der Waals surface area contributed by atoms with Gasteiger partial charge in [-0.3, -0.25) is 4.98 Å². The third-order valence-electron chi connectivity index (χ3n) is 1.77. The molecule has 0 amide bonds. The molecule has 0 bridgehead atoms. The second kappa shape index (κ2) is 4.52. The molecule has 0 fully saturated rings. The van der Waals surface area contributed by atoms with Gasteiger partial charge in [0.15, 0.2) is 0 Å². The fraction of sp³-hybridized carbons (Fsp3) is 0.200. The Morgan fingerprint density at radius 2 is 2.38 bits per heavy atom. The van der Waals surface area contributed by atoms with E-state index >= 15 is 0 Å². The lowest BCUT2D eigenvalue weighted by Gasteiger charge is -1.93. The van der Waals surface area contributed by atoms with Crippen LogP contribution in [-0.4, -0.2) is 27.7 Å². The summed E-state index contributed by atoms with van der Waals surface area (Å²) in [6.45, 7) is 1.98. The molecule has 16 heavy (non-hydrogen) atoms. The predicted molar refractivity (Wildman–Crippen MR) is 53.5 cm³/mol. The molecular weight excluding hydrogens is 210 g/mol. The van der Waals surface area contributed by atoms with Crippen molar-refractivity contribution in [3.63, 3.8) is 0 Å². The monoisotopic (exact) mass is 219 g/mol. The maximum absolute atomic E-state index is 11.3. The number of pyridine rings is 1. The van der Waals surface area contributed by atoms with E-state index < -0.39 is 5.97 Å². The van der Waals surface area contributed by atoms with E-state index in [1.807, 2.05) is 0 Å². The van der Waals surface area contributed by atoms with Crippen LogP contribution in [0.1, 0.15) is 17.5 Å². The van der Waals surface area contributed by atoms with Crippen molar-refractivity contribution in [3.05, 3.63) is 30.2 Å². The highest BCUT2D eigenvalue weighted by Crippen LogP contribution is 2.13. The van der Waals surface area contributed by atoms with Crippen molar-refractivity contribution in [1.82, 2.24) is 15.1 Å². The Bertz CT molecular complexity index is 481. The minimum Gasteiger partial charge on any atom is -0.460 e. The molecule has 0 aliphatic rings. The summed E-state index contributed by atoms with van der Waals surface area (Å²) in [5.74, 6) is -0.500. The van der Waals surface area contributed by atoms with Crippen LogP contribution in [0, 0.1) is 0 Å². The zero-order valence-corrected chi connectivity index (χ0v) is 8.58. The number of hydrogen-bond acceptors (Lipinski definition) is 6. The fourth-order valence-corrected chi connectivity index (χ4v) is 1.10. The van der Waals surface area contributed by atoms with E-state index in [2.05, 4.69) is 15.1 Å². The molecule has 0 N–H and O–H groups in total. The molecular formula is C10H9N3O3. The van der Waals surface area contributed by atoms with Crippen molar-refractivity contribution in [2.24, 2.45) is 0 Å². The molecule has 0 atom stereocenters. The summed E-state index contributed by atoms with van der Waals surface area (Å²) in [7, 11) is 0. The third-order valence-corrected chi connectivity index (χ3v) is 1.77. The van der Waals surface area contributed by atoms with Gasteiger partial charge in [-0.25, -0.2) is 4.79 Å². The van der Waals surface area contributed by atoms with Crippen LogP contribution >= 0.6 is 0 Å². The summed E-state index contributed by atoms with van der Waals surface area (Å²) in [5, 5.41) is 3.51. The minimum absolute atomic E-state index is 0.0949. The third kappa shape index (κ3) is 2.05. The number of ether oxygens (including phenoxy) is 1. The van der Waals surface area contributed by atoms with Gasteiger partial charge in [-0.15, -0.1) is 0 Å². The topological polar surface area (TPSA) is 78.1 Å². The molecule has 0 aliphatic heterocycles. The first-order valence-electron chi connectivity index (χ1n) is 4.73. The second-order valence-corrected chi connectivity index (χ2v) is 2.86. The molecule has 0 aliphatic carbocycles. The number of nitrogens with zero attached hydrogens (tertiary/aromatic N) is 3. The number of hydrogen-bond donors (Lipinski definition) is 0. The van der Waals surface area contributed by atoms with Gasteiger partial charge in [-0.05, 0) is 24.2 Å². The average molecular weight is 219 g/mol. The van der Waals surface area contributed by atoms with E-state index in [0.717, 1.165) is 0 Å². The van der Waals surface area contributed by atoms with E-state index in [1.165, 1.54) is 0 Å². The van der Waals surface area contributed by atoms with Crippen molar-refractivity contribution in [2.45, 2.75) is 6.92 Å². The summed E-state index contributed by atoms with van der Waals surface area (Å²) in [6.07, 6.45) is 1.60. The zero-order chi connectivity index (χ0) is 11.4. The summed E-state index contributed by atoms with van der Waals surface area (Å²) in [4.78, 5) is 19.2. The lowest BCUT2D eigenvalue weighted by molar-refractivity contribution is 0.0508. The lowest BCUT2D eigenvalue weighted by atomic mass is 10.3. The molecule has 0 unspecified atom stereocenters. The zero-order valence-electron chi connectivity index (χ0n) is 8.58. The van der Waals surface area contributed by atoms with Crippen LogP contribution in [-0.2, 0) is 4.74 Å². The molecule has 0 radical (unpaired) electrons. The Hall–Kier alpha value is -2.24. The molecule has 0 saturated carbocycles. The van der Waals surface area contributed by atoms with Gasteiger partial charge >= 0.3 is 5.97 Å². The van der Waals surface area contributed by atoms with Crippen LogP contribution in [0.15, 0.2) is 28.9 Å². The highest BCUT2D eigenvalue weighted by Gasteiger charge is 2.16. The van der Waals surface area contributed by atoms with Gasteiger partial charge in [0.1, 0.15) is 5.69 Å². The van der Waals surface area contributed by atoms with Crippen LogP contribution in [0.25, 0.3) is 11.6 Å². The average Bonchev–Trinajstić information content (AvgIpc) is 2.80. The van der Waals surface area contributed by atoms with Crippen molar-refractivity contribution >= 4 is 5.97 Å². The number of carbonyl (C=O) groups excluding carboxylic acids is 1. The molecule has 0 aromatic carbocycles. The number of carbonyl (C=O) groups is 1. The Labute approximate surface area is 91.3 Å². The van der Waals surface area contributed by atoms with Crippen LogP contribution < -0.4 is 0 Å². The smallest absolute Gasteiger partial charge is 0.379 e. The van der Waals surface area contributed by atoms with Crippen LogP contribution in [0.5, 0.6) is 0 Å². The maximum atomic E-state index is 11.3. The summed E-state index contributed by atoms with van der Waals surface area (Å²) in [5.41, 5.74) is 0.519. The Morgan fingerprint density at radius 3 is 3.06 bits per heavy atom. The van der Waals surface area contributed by atoms with E-state index in [4.69, 9.17) is 9.26 Å². The van der Waals surface area contributed by atoms with Crippen molar-refractivity contribution in [2.75, 3.05) is 6.61 Å². The molecule has 0 spiro atoms. The molecule has 6 nitrogen and oxygen atoms in total. The standard InChI is InChI=1S/C10H9N3O3/c1-2-15-10(14)8-12-9(16-13-8)7-5-3-4-6-11-7/h3-6H,2H2,1H3. The van der Waals surface area contributed by atoms with Crippen LogP contribution in [0.4, 0.5) is 0 Å². The van der Waals surface area contributed by atoms with Crippen LogP contribution in [0.2, 0.25) is 0 Å². The first kappa shape index (κ1) is 10.3. The minimum atomic E-state index is -0.603. The number of rotatable bonds is 3. The van der Waals surface area contributed by atoms with E-state index in [-0.39, 0.29) is 18.3 Å². The molecule has 2 heterocycles. The molecule has 6 heteroatoms. The molecule has 82 valence electrons. The van der Waals surface area contributed by atoms with Gasteiger partial charge in [-0.1, -0.05) is 6.07 Å². The van der Waals surface area contributed by atoms with Gasteiger partial charge in [0.25, 0.3) is 11.7 Å². The van der Waals surface area contributed by atoms with Crippen LogP contribution in [0.3, 0.4) is 0 Å². The first-order valence-corrected chi connectivity index (χ1v) is 4.73. The van der Waals surface area contributed by atoms with Crippen molar-refractivity contribution in [3.8, 4) is 11.6 Å². The van der Waals surface area contributed by atoms with Crippen molar-refractivity contribution < 1.29 is 14.1 Å². The Kier molecular flexibility index (Phi) is 2.90. The highest BCUT2D eigenvalue weighted by molar-refractivity contribution is 5.85. The summed E-state index contributed by atoms with van der Waals surface area (Å²) >= 11 is 0. The Morgan fingerprint density at radius 1 is 1.50 bits per heavy atom. The molecule has 2 aromatic heterocycles. The molecule has 0 saturated heterocycles. The normalized spacial score (nSPS) is 10.1. The molecule has 2 rings (SSSR count). The first-order chi connectivity index (χ1) is 7.81.